The second-order valence-electron chi connectivity index (χ2n) is 3.05. The highest BCUT2D eigenvalue weighted by molar-refractivity contribution is 5.31. The fraction of sp³-hybridized carbons (Fsp3) is 0.400. The highest BCUT2D eigenvalue weighted by Crippen LogP contribution is 2.29. The molecule has 0 spiro atoms. The molecule has 1 rings (SSSR count). The number of ether oxygens (including phenoxy) is 1. The number of alkyl halides is 1. The van der Waals surface area contributed by atoms with Crippen LogP contribution in [0.2, 0.25) is 0 Å². The second kappa shape index (κ2) is 5.02. The predicted molar refractivity (Wildman–Crippen MR) is 50.4 cm³/mol. The molecule has 1 aromatic rings. The van der Waals surface area contributed by atoms with Crippen LogP contribution in [-0.2, 0) is 0 Å². The topological polar surface area (TPSA) is 35.2 Å². The lowest BCUT2D eigenvalue weighted by atomic mass is 10.1. The quantitative estimate of drug-likeness (QED) is 0.843. The number of halogens is 3. The average Bonchev–Trinajstić information content (AvgIpc) is 2.16. The van der Waals surface area contributed by atoms with Gasteiger partial charge >= 0.3 is 0 Å². The minimum Gasteiger partial charge on any atom is -0.497 e. The molecular weight excluding hydrogens is 207 g/mol. The smallest absolute Gasteiger partial charge is 0.135 e. The Morgan fingerprint density at radius 3 is 2.27 bits per heavy atom. The molecule has 1 unspecified atom stereocenters. The van der Waals surface area contributed by atoms with Crippen LogP contribution in [0.3, 0.4) is 0 Å². The number of rotatable bonds is 4. The number of hydrogen-bond donors (Lipinski definition) is 1. The van der Waals surface area contributed by atoms with E-state index >= 15 is 0 Å². The lowest BCUT2D eigenvalue weighted by Crippen LogP contribution is -2.07. The molecule has 1 atom stereocenters. The molecule has 0 saturated heterocycles. The summed E-state index contributed by atoms with van der Waals surface area (Å²) < 4.78 is 44.5. The van der Waals surface area contributed by atoms with Crippen LogP contribution in [0.4, 0.5) is 13.2 Å². The molecule has 15 heavy (non-hydrogen) atoms. The summed E-state index contributed by atoms with van der Waals surface area (Å²) in [5.41, 5.74) is 4.53. The Balaban J connectivity index is 3.07. The second-order valence-corrected chi connectivity index (χ2v) is 3.05. The van der Waals surface area contributed by atoms with Crippen LogP contribution < -0.4 is 10.5 Å². The first-order chi connectivity index (χ1) is 7.10. The molecule has 0 aliphatic carbocycles. The van der Waals surface area contributed by atoms with Gasteiger partial charge in [0.15, 0.2) is 0 Å². The zero-order chi connectivity index (χ0) is 11.4. The molecule has 0 bridgehead atoms. The third-order valence-corrected chi connectivity index (χ3v) is 2.02. The van der Waals surface area contributed by atoms with E-state index in [4.69, 9.17) is 5.73 Å². The van der Waals surface area contributed by atoms with Crippen molar-refractivity contribution in [2.45, 2.75) is 12.6 Å². The third kappa shape index (κ3) is 2.62. The Labute approximate surface area is 85.8 Å². The number of nitrogens with two attached hydrogens (primary N) is 1. The van der Waals surface area contributed by atoms with E-state index in [-0.39, 0.29) is 18.7 Å². The number of methoxy groups -OCH3 is 1. The summed E-state index contributed by atoms with van der Waals surface area (Å²) in [5, 5.41) is 0. The minimum absolute atomic E-state index is 0.0219. The van der Waals surface area contributed by atoms with Crippen LogP contribution in [0.25, 0.3) is 0 Å². The van der Waals surface area contributed by atoms with Crippen LogP contribution in [-0.4, -0.2) is 13.7 Å². The van der Waals surface area contributed by atoms with Gasteiger partial charge in [0.05, 0.1) is 12.7 Å². The average molecular weight is 219 g/mol. The fourth-order valence-corrected chi connectivity index (χ4v) is 1.27. The lowest BCUT2D eigenvalue weighted by molar-refractivity contribution is 0.304. The molecule has 2 nitrogen and oxygen atoms in total. The standard InChI is InChI=1S/C10H12F3NO/c1-15-6-4-8(12)10(9(13)5-6)7(11)2-3-14/h4-5,7H,2-3,14H2,1H3. The molecule has 0 aliphatic heterocycles. The van der Waals surface area contributed by atoms with E-state index in [1.807, 2.05) is 0 Å². The van der Waals surface area contributed by atoms with E-state index in [9.17, 15) is 13.2 Å². The molecule has 0 radical (unpaired) electrons. The van der Waals surface area contributed by atoms with Gasteiger partial charge in [0.2, 0.25) is 0 Å². The Hall–Kier alpha value is -1.23. The maximum absolute atomic E-state index is 13.3. The molecule has 0 amide bonds. The van der Waals surface area contributed by atoms with Crippen molar-refractivity contribution in [3.8, 4) is 5.75 Å². The summed E-state index contributed by atoms with van der Waals surface area (Å²) >= 11 is 0. The normalized spacial score (nSPS) is 12.6. The van der Waals surface area contributed by atoms with Crippen LogP contribution >= 0.6 is 0 Å². The summed E-state index contributed by atoms with van der Waals surface area (Å²) in [4.78, 5) is 0. The van der Waals surface area contributed by atoms with Crippen LogP contribution in [0.5, 0.6) is 5.75 Å². The summed E-state index contributed by atoms with van der Waals surface area (Å²) in [7, 11) is 1.28. The molecule has 84 valence electrons. The van der Waals surface area contributed by atoms with Gasteiger partial charge in [-0.05, 0) is 13.0 Å². The number of benzene rings is 1. The predicted octanol–water partition coefficient (Wildman–Crippen LogP) is 2.33. The number of hydrogen-bond acceptors (Lipinski definition) is 2. The van der Waals surface area contributed by atoms with E-state index in [0.717, 1.165) is 12.1 Å². The van der Waals surface area contributed by atoms with Gasteiger partial charge in [-0.1, -0.05) is 0 Å². The summed E-state index contributed by atoms with van der Waals surface area (Å²) in [6, 6.07) is 1.89. The molecule has 0 aromatic heterocycles. The van der Waals surface area contributed by atoms with Crippen LogP contribution in [0.15, 0.2) is 12.1 Å². The van der Waals surface area contributed by atoms with E-state index in [0.29, 0.717) is 0 Å². The van der Waals surface area contributed by atoms with Crippen LogP contribution in [0, 0.1) is 11.6 Å². The van der Waals surface area contributed by atoms with Crippen molar-refractivity contribution in [3.05, 3.63) is 29.3 Å². The largest absolute Gasteiger partial charge is 0.497 e. The van der Waals surface area contributed by atoms with Crippen LogP contribution in [0.1, 0.15) is 18.2 Å². The summed E-state index contributed by atoms with van der Waals surface area (Å²) in [5.74, 6) is -1.88. The van der Waals surface area contributed by atoms with Crippen molar-refractivity contribution in [1.82, 2.24) is 0 Å². The van der Waals surface area contributed by atoms with Crippen molar-refractivity contribution in [2.75, 3.05) is 13.7 Å². The van der Waals surface area contributed by atoms with Gasteiger partial charge in [0, 0.05) is 12.1 Å². The summed E-state index contributed by atoms with van der Waals surface area (Å²) in [6.07, 6.45) is -1.83. The van der Waals surface area contributed by atoms with Crippen molar-refractivity contribution in [2.24, 2.45) is 5.73 Å². The van der Waals surface area contributed by atoms with E-state index < -0.39 is 23.4 Å². The third-order valence-electron chi connectivity index (χ3n) is 2.02. The van der Waals surface area contributed by atoms with Crippen molar-refractivity contribution in [3.63, 3.8) is 0 Å². The molecule has 0 aliphatic rings. The van der Waals surface area contributed by atoms with E-state index in [2.05, 4.69) is 4.74 Å². The molecular formula is C10H12F3NO. The zero-order valence-corrected chi connectivity index (χ0v) is 8.27. The monoisotopic (exact) mass is 219 g/mol. The SMILES string of the molecule is COc1cc(F)c(C(F)CCN)c(F)c1. The first-order valence-electron chi connectivity index (χ1n) is 4.47. The minimum atomic E-state index is -1.72. The molecule has 0 heterocycles. The first-order valence-corrected chi connectivity index (χ1v) is 4.47. The fourth-order valence-electron chi connectivity index (χ4n) is 1.27. The molecule has 5 heteroatoms. The van der Waals surface area contributed by atoms with E-state index in [1.54, 1.807) is 0 Å². The highest BCUT2D eigenvalue weighted by atomic mass is 19.2. The molecule has 2 N–H and O–H groups in total. The maximum atomic E-state index is 13.3. The Morgan fingerprint density at radius 1 is 1.33 bits per heavy atom. The van der Waals surface area contributed by atoms with Crippen molar-refractivity contribution in [1.29, 1.82) is 0 Å². The van der Waals surface area contributed by atoms with Gasteiger partial charge in [-0.25, -0.2) is 13.2 Å². The van der Waals surface area contributed by atoms with Crippen molar-refractivity contribution < 1.29 is 17.9 Å². The Bertz CT molecular complexity index is 320. The Kier molecular flexibility index (Phi) is 3.96. The molecule has 1 aromatic carbocycles. The molecule has 0 fully saturated rings. The van der Waals surface area contributed by atoms with Gasteiger partial charge in [0.1, 0.15) is 23.6 Å². The van der Waals surface area contributed by atoms with Crippen molar-refractivity contribution >= 4 is 0 Å². The van der Waals surface area contributed by atoms with Gasteiger partial charge in [0.25, 0.3) is 0 Å². The van der Waals surface area contributed by atoms with Gasteiger partial charge in [-0.15, -0.1) is 0 Å². The van der Waals surface area contributed by atoms with Gasteiger partial charge < -0.3 is 10.5 Å². The lowest BCUT2D eigenvalue weighted by Gasteiger charge is -2.10. The molecule has 0 saturated carbocycles. The zero-order valence-electron chi connectivity index (χ0n) is 8.27. The maximum Gasteiger partial charge on any atom is 0.135 e. The highest BCUT2D eigenvalue weighted by Gasteiger charge is 2.20. The Morgan fingerprint density at radius 2 is 1.87 bits per heavy atom. The summed E-state index contributed by atoms with van der Waals surface area (Å²) in [6.45, 7) is 0.0338. The van der Waals surface area contributed by atoms with Gasteiger partial charge in [-0.2, -0.15) is 0 Å². The van der Waals surface area contributed by atoms with Gasteiger partial charge in [-0.3, -0.25) is 0 Å². The van der Waals surface area contributed by atoms with E-state index in [1.165, 1.54) is 7.11 Å². The first kappa shape index (κ1) is 11.8.